The minimum absolute atomic E-state index is 0.101. The highest BCUT2D eigenvalue weighted by Crippen LogP contribution is 2.38. The normalized spacial score (nSPS) is 24.8. The van der Waals surface area contributed by atoms with Crippen LogP contribution in [-0.4, -0.2) is 16.9 Å². The van der Waals surface area contributed by atoms with Gasteiger partial charge >= 0.3 is 0 Å². The van der Waals surface area contributed by atoms with E-state index in [0.717, 1.165) is 11.4 Å². The zero-order valence-electron chi connectivity index (χ0n) is 8.36. The highest BCUT2D eigenvalue weighted by molar-refractivity contribution is 5.96. The van der Waals surface area contributed by atoms with E-state index in [1.807, 2.05) is 6.07 Å². The van der Waals surface area contributed by atoms with Gasteiger partial charge in [-0.05, 0) is 24.8 Å². The van der Waals surface area contributed by atoms with E-state index in [-0.39, 0.29) is 11.9 Å². The van der Waals surface area contributed by atoms with Crippen LogP contribution in [0.2, 0.25) is 0 Å². The smallest absolute Gasteiger partial charge is 0.226 e. The van der Waals surface area contributed by atoms with E-state index in [0.29, 0.717) is 12.3 Å². The SMILES string of the molecule is O=C1CC(C2CC2)Nc2cnccc2N1. The van der Waals surface area contributed by atoms with E-state index in [4.69, 9.17) is 0 Å². The third-order valence-corrected chi connectivity index (χ3v) is 3.03. The highest BCUT2D eigenvalue weighted by atomic mass is 16.1. The number of amides is 1. The first-order valence-corrected chi connectivity index (χ1v) is 5.33. The Kier molecular flexibility index (Phi) is 1.87. The molecule has 78 valence electrons. The maximum atomic E-state index is 11.6. The van der Waals surface area contributed by atoms with Crippen molar-refractivity contribution in [3.63, 3.8) is 0 Å². The molecule has 0 aromatic carbocycles. The molecule has 1 saturated carbocycles. The van der Waals surface area contributed by atoms with E-state index in [2.05, 4.69) is 15.6 Å². The van der Waals surface area contributed by atoms with Gasteiger partial charge in [-0.1, -0.05) is 0 Å². The Labute approximate surface area is 88.1 Å². The molecule has 1 unspecified atom stereocenters. The Morgan fingerprint density at radius 1 is 1.33 bits per heavy atom. The summed E-state index contributed by atoms with van der Waals surface area (Å²) in [6.45, 7) is 0. The van der Waals surface area contributed by atoms with Gasteiger partial charge in [-0.15, -0.1) is 0 Å². The molecule has 1 aromatic rings. The van der Waals surface area contributed by atoms with E-state index in [1.165, 1.54) is 12.8 Å². The molecule has 1 fully saturated rings. The second-order valence-corrected chi connectivity index (χ2v) is 4.26. The van der Waals surface area contributed by atoms with Gasteiger partial charge in [0, 0.05) is 18.7 Å². The summed E-state index contributed by atoms with van der Waals surface area (Å²) in [5, 5.41) is 6.30. The minimum atomic E-state index is 0.101. The molecule has 3 rings (SSSR count). The summed E-state index contributed by atoms with van der Waals surface area (Å²) in [7, 11) is 0. The Morgan fingerprint density at radius 2 is 2.20 bits per heavy atom. The van der Waals surface area contributed by atoms with Crippen molar-refractivity contribution in [3.05, 3.63) is 18.5 Å². The maximum absolute atomic E-state index is 11.6. The molecule has 15 heavy (non-hydrogen) atoms. The number of anilines is 2. The Balaban J connectivity index is 1.93. The summed E-state index contributed by atoms with van der Waals surface area (Å²) in [4.78, 5) is 15.7. The molecule has 1 aromatic heterocycles. The van der Waals surface area contributed by atoms with Gasteiger partial charge in [0.05, 0.1) is 17.6 Å². The molecule has 1 amide bonds. The van der Waals surface area contributed by atoms with Crippen molar-refractivity contribution in [3.8, 4) is 0 Å². The summed E-state index contributed by atoms with van der Waals surface area (Å²) in [5.74, 6) is 0.770. The van der Waals surface area contributed by atoms with Crippen LogP contribution in [0.5, 0.6) is 0 Å². The van der Waals surface area contributed by atoms with Crippen molar-refractivity contribution in [2.45, 2.75) is 25.3 Å². The van der Waals surface area contributed by atoms with E-state index >= 15 is 0 Å². The molecule has 1 aliphatic heterocycles. The fraction of sp³-hybridized carbons (Fsp3) is 0.455. The summed E-state index contributed by atoms with van der Waals surface area (Å²) >= 11 is 0. The Morgan fingerprint density at radius 3 is 3.00 bits per heavy atom. The van der Waals surface area contributed by atoms with E-state index in [1.54, 1.807) is 12.4 Å². The Bertz CT molecular complexity index is 401. The van der Waals surface area contributed by atoms with Gasteiger partial charge in [-0.2, -0.15) is 0 Å². The summed E-state index contributed by atoms with van der Waals surface area (Å²) in [6, 6.07) is 2.12. The largest absolute Gasteiger partial charge is 0.379 e. The van der Waals surface area contributed by atoms with Crippen LogP contribution in [-0.2, 0) is 4.79 Å². The first-order valence-electron chi connectivity index (χ1n) is 5.33. The number of carbonyl (C=O) groups excluding carboxylic acids is 1. The van der Waals surface area contributed by atoms with Crippen LogP contribution < -0.4 is 10.6 Å². The molecule has 0 bridgehead atoms. The maximum Gasteiger partial charge on any atom is 0.226 e. The van der Waals surface area contributed by atoms with Gasteiger partial charge in [0.2, 0.25) is 5.91 Å². The lowest BCUT2D eigenvalue weighted by Crippen LogP contribution is -2.24. The molecule has 0 saturated heterocycles. The quantitative estimate of drug-likeness (QED) is 0.729. The second kappa shape index (κ2) is 3.22. The summed E-state index contributed by atoms with van der Waals surface area (Å²) in [6.07, 6.45) is 6.51. The second-order valence-electron chi connectivity index (χ2n) is 4.26. The molecule has 1 aliphatic carbocycles. The van der Waals surface area contributed by atoms with E-state index < -0.39 is 0 Å². The van der Waals surface area contributed by atoms with Crippen LogP contribution in [0, 0.1) is 5.92 Å². The van der Waals surface area contributed by atoms with Crippen molar-refractivity contribution in [1.29, 1.82) is 0 Å². The van der Waals surface area contributed by atoms with Crippen molar-refractivity contribution in [1.82, 2.24) is 4.98 Å². The van der Waals surface area contributed by atoms with Gasteiger partial charge in [-0.3, -0.25) is 9.78 Å². The Hall–Kier alpha value is -1.58. The summed E-state index contributed by atoms with van der Waals surface area (Å²) in [5.41, 5.74) is 1.79. The molecule has 0 spiro atoms. The lowest BCUT2D eigenvalue weighted by molar-refractivity contribution is -0.116. The number of fused-ring (bicyclic) bond motifs is 1. The van der Waals surface area contributed by atoms with Gasteiger partial charge in [-0.25, -0.2) is 0 Å². The van der Waals surface area contributed by atoms with Crippen LogP contribution in [0.4, 0.5) is 11.4 Å². The molecule has 2 aliphatic rings. The topological polar surface area (TPSA) is 54.0 Å². The summed E-state index contributed by atoms with van der Waals surface area (Å²) < 4.78 is 0. The van der Waals surface area contributed by atoms with Crippen LogP contribution in [0.1, 0.15) is 19.3 Å². The number of nitrogens with one attached hydrogen (secondary N) is 2. The number of hydrogen-bond acceptors (Lipinski definition) is 3. The highest BCUT2D eigenvalue weighted by Gasteiger charge is 2.34. The number of aromatic nitrogens is 1. The predicted octanol–water partition coefficient (Wildman–Crippen LogP) is 1.61. The van der Waals surface area contributed by atoms with Gasteiger partial charge in [0.25, 0.3) is 0 Å². The molecule has 2 heterocycles. The standard InChI is InChI=1S/C11H13N3O/c15-11-5-9(7-1-2-7)13-10-6-12-4-3-8(10)14-11/h3-4,6-7,9,13H,1-2,5H2,(H,14,15). The van der Waals surface area contributed by atoms with E-state index in [9.17, 15) is 4.79 Å². The van der Waals surface area contributed by atoms with Crippen molar-refractivity contribution in [2.75, 3.05) is 10.6 Å². The average molecular weight is 203 g/mol. The van der Waals surface area contributed by atoms with Crippen LogP contribution in [0.15, 0.2) is 18.5 Å². The number of carbonyl (C=O) groups is 1. The van der Waals surface area contributed by atoms with Crippen molar-refractivity contribution in [2.24, 2.45) is 5.92 Å². The molecule has 4 heteroatoms. The first kappa shape index (κ1) is 8.71. The fourth-order valence-electron chi connectivity index (χ4n) is 2.05. The zero-order chi connectivity index (χ0) is 10.3. The number of nitrogens with zero attached hydrogens (tertiary/aromatic N) is 1. The van der Waals surface area contributed by atoms with Gasteiger partial charge in [0.1, 0.15) is 0 Å². The fourth-order valence-corrected chi connectivity index (χ4v) is 2.05. The number of hydrogen-bond donors (Lipinski definition) is 2. The molecule has 0 radical (unpaired) electrons. The third kappa shape index (κ3) is 1.67. The predicted molar refractivity (Wildman–Crippen MR) is 57.6 cm³/mol. The van der Waals surface area contributed by atoms with Crippen molar-refractivity contribution >= 4 is 17.3 Å². The van der Waals surface area contributed by atoms with Crippen LogP contribution >= 0.6 is 0 Å². The number of rotatable bonds is 1. The average Bonchev–Trinajstić information content (AvgIpc) is 3.02. The van der Waals surface area contributed by atoms with Gasteiger partial charge in [0.15, 0.2) is 0 Å². The molecule has 2 N–H and O–H groups in total. The molecule has 4 nitrogen and oxygen atoms in total. The van der Waals surface area contributed by atoms with Gasteiger partial charge < -0.3 is 10.6 Å². The number of pyridine rings is 1. The molecular formula is C11H13N3O. The lowest BCUT2D eigenvalue weighted by atomic mass is 10.1. The monoisotopic (exact) mass is 203 g/mol. The first-order chi connectivity index (χ1) is 7.33. The van der Waals surface area contributed by atoms with Crippen LogP contribution in [0.25, 0.3) is 0 Å². The zero-order valence-corrected chi connectivity index (χ0v) is 8.36. The minimum Gasteiger partial charge on any atom is -0.379 e. The molecular weight excluding hydrogens is 190 g/mol. The molecule has 1 atom stereocenters. The van der Waals surface area contributed by atoms with Crippen molar-refractivity contribution < 1.29 is 4.79 Å². The van der Waals surface area contributed by atoms with Crippen LogP contribution in [0.3, 0.4) is 0 Å². The lowest BCUT2D eigenvalue weighted by Gasteiger charge is -2.15. The third-order valence-electron chi connectivity index (χ3n) is 3.03.